The molecule has 102 valence electrons. The molecule has 0 radical (unpaired) electrons. The van der Waals surface area contributed by atoms with Crippen molar-refractivity contribution in [2.24, 2.45) is 0 Å². The fourth-order valence-corrected chi connectivity index (χ4v) is 2.71. The van der Waals surface area contributed by atoms with Gasteiger partial charge in [-0.25, -0.2) is 0 Å². The monoisotopic (exact) mass is 266 g/mol. The lowest BCUT2D eigenvalue weighted by Gasteiger charge is -2.14. The molecule has 0 spiro atoms. The molecule has 20 heavy (non-hydrogen) atoms. The molecule has 1 saturated carbocycles. The van der Waals surface area contributed by atoms with Crippen molar-refractivity contribution in [3.63, 3.8) is 0 Å². The summed E-state index contributed by atoms with van der Waals surface area (Å²) in [5.74, 6) is 1.15. The Morgan fingerprint density at radius 3 is 2.25 bits per heavy atom. The molecule has 3 rings (SSSR count). The first-order chi connectivity index (χ1) is 9.74. The highest BCUT2D eigenvalue weighted by atomic mass is 16.5. The summed E-state index contributed by atoms with van der Waals surface area (Å²) >= 11 is 0. The van der Waals surface area contributed by atoms with Gasteiger partial charge in [0.1, 0.15) is 11.5 Å². The molecule has 0 atom stereocenters. The minimum atomic E-state index is -0.221. The van der Waals surface area contributed by atoms with Crippen molar-refractivity contribution in [2.45, 2.75) is 24.7 Å². The summed E-state index contributed by atoms with van der Waals surface area (Å²) in [5.41, 5.74) is 2.00. The second-order valence-electron chi connectivity index (χ2n) is 5.40. The molecule has 0 aliphatic heterocycles. The average molecular weight is 266 g/mol. The largest absolute Gasteiger partial charge is 0.497 e. The Hall–Kier alpha value is -2.09. The van der Waals surface area contributed by atoms with E-state index in [0.29, 0.717) is 12.2 Å². The van der Waals surface area contributed by atoms with Crippen LogP contribution < -0.4 is 4.74 Å². The number of ether oxygens (including phenoxy) is 1. The number of carbonyl (C=O) groups is 1. The van der Waals surface area contributed by atoms with Crippen LogP contribution in [0.5, 0.6) is 5.75 Å². The number of methoxy groups -OCH3 is 1. The second-order valence-corrected chi connectivity index (χ2v) is 5.40. The molecule has 1 aliphatic rings. The summed E-state index contributed by atoms with van der Waals surface area (Å²) in [5, 5.41) is 0. The van der Waals surface area contributed by atoms with E-state index in [4.69, 9.17) is 4.74 Å². The first-order valence-corrected chi connectivity index (χ1v) is 6.96. The molecule has 2 nitrogen and oxygen atoms in total. The molecular weight excluding hydrogens is 248 g/mol. The lowest BCUT2D eigenvalue weighted by Crippen LogP contribution is -2.22. The highest BCUT2D eigenvalue weighted by molar-refractivity contribution is 5.94. The van der Waals surface area contributed by atoms with Crippen molar-refractivity contribution in [3.8, 4) is 5.75 Å². The van der Waals surface area contributed by atoms with E-state index in [1.807, 2.05) is 42.5 Å². The molecule has 0 heterocycles. The van der Waals surface area contributed by atoms with Crippen LogP contribution in [0.15, 0.2) is 54.6 Å². The third-order valence-electron chi connectivity index (χ3n) is 4.13. The maximum atomic E-state index is 12.6. The third kappa shape index (κ3) is 2.34. The van der Waals surface area contributed by atoms with Crippen LogP contribution in [0.4, 0.5) is 0 Å². The molecule has 1 fully saturated rings. The van der Waals surface area contributed by atoms with Crippen molar-refractivity contribution in [2.75, 3.05) is 7.11 Å². The van der Waals surface area contributed by atoms with Gasteiger partial charge in [0.25, 0.3) is 0 Å². The van der Waals surface area contributed by atoms with E-state index in [1.165, 1.54) is 5.56 Å². The molecule has 2 heteroatoms. The number of carbonyl (C=O) groups excluding carboxylic acids is 1. The van der Waals surface area contributed by atoms with E-state index < -0.39 is 0 Å². The van der Waals surface area contributed by atoms with Crippen LogP contribution in [0.1, 0.15) is 24.0 Å². The van der Waals surface area contributed by atoms with Crippen molar-refractivity contribution < 1.29 is 9.53 Å². The van der Waals surface area contributed by atoms with Crippen molar-refractivity contribution in [1.29, 1.82) is 0 Å². The maximum absolute atomic E-state index is 12.6. The van der Waals surface area contributed by atoms with Gasteiger partial charge in [-0.3, -0.25) is 4.79 Å². The first kappa shape index (κ1) is 12.9. The molecule has 0 bridgehead atoms. The van der Waals surface area contributed by atoms with Crippen LogP contribution in [0.25, 0.3) is 0 Å². The van der Waals surface area contributed by atoms with E-state index in [2.05, 4.69) is 12.1 Å². The van der Waals surface area contributed by atoms with E-state index in [0.717, 1.165) is 24.2 Å². The Labute approximate surface area is 119 Å². The van der Waals surface area contributed by atoms with Crippen LogP contribution in [0.2, 0.25) is 0 Å². The third-order valence-corrected chi connectivity index (χ3v) is 4.13. The maximum Gasteiger partial charge on any atom is 0.147 e. The van der Waals surface area contributed by atoms with Crippen LogP contribution in [-0.2, 0) is 16.6 Å². The molecule has 0 unspecified atom stereocenters. The Morgan fingerprint density at radius 2 is 1.70 bits per heavy atom. The smallest absolute Gasteiger partial charge is 0.147 e. The Kier molecular flexibility index (Phi) is 3.31. The zero-order valence-electron chi connectivity index (χ0n) is 11.6. The quantitative estimate of drug-likeness (QED) is 0.827. The van der Waals surface area contributed by atoms with Crippen molar-refractivity contribution >= 4 is 5.78 Å². The van der Waals surface area contributed by atoms with Gasteiger partial charge in [0.15, 0.2) is 0 Å². The summed E-state index contributed by atoms with van der Waals surface area (Å²) < 4.78 is 5.14. The van der Waals surface area contributed by atoms with Crippen molar-refractivity contribution in [3.05, 3.63) is 65.7 Å². The zero-order valence-corrected chi connectivity index (χ0v) is 11.6. The van der Waals surface area contributed by atoms with Gasteiger partial charge in [-0.2, -0.15) is 0 Å². The SMILES string of the molecule is COc1ccc(CC(=O)C2(c3ccccc3)CC2)cc1. The van der Waals surface area contributed by atoms with E-state index in [9.17, 15) is 4.79 Å². The average Bonchev–Trinajstić information content (AvgIpc) is 3.31. The number of ketones is 1. The second kappa shape index (κ2) is 5.12. The number of rotatable bonds is 5. The van der Waals surface area contributed by atoms with Gasteiger partial charge in [0.2, 0.25) is 0 Å². The lowest BCUT2D eigenvalue weighted by atomic mass is 9.88. The molecule has 2 aromatic carbocycles. The fourth-order valence-electron chi connectivity index (χ4n) is 2.71. The minimum absolute atomic E-state index is 0.221. The zero-order chi connectivity index (χ0) is 14.0. The van der Waals surface area contributed by atoms with Gasteiger partial charge >= 0.3 is 0 Å². The van der Waals surface area contributed by atoms with E-state index in [-0.39, 0.29) is 5.41 Å². The molecular formula is C18H18O2. The minimum Gasteiger partial charge on any atom is -0.497 e. The van der Waals surface area contributed by atoms with E-state index in [1.54, 1.807) is 7.11 Å². The Balaban J connectivity index is 1.76. The van der Waals surface area contributed by atoms with Gasteiger partial charge in [-0.15, -0.1) is 0 Å². The summed E-state index contributed by atoms with van der Waals surface area (Å²) in [4.78, 5) is 12.6. The molecule has 0 saturated heterocycles. The topological polar surface area (TPSA) is 26.3 Å². The molecule has 1 aliphatic carbocycles. The normalized spacial score (nSPS) is 15.7. The molecule has 2 aromatic rings. The molecule has 0 amide bonds. The van der Waals surface area contributed by atoms with Crippen LogP contribution in [0.3, 0.4) is 0 Å². The Bertz CT molecular complexity index is 595. The predicted octanol–water partition coefficient (Wildman–Crippen LogP) is 3.54. The van der Waals surface area contributed by atoms with Gasteiger partial charge in [0.05, 0.1) is 12.5 Å². The van der Waals surface area contributed by atoms with Gasteiger partial charge in [-0.1, -0.05) is 42.5 Å². The number of hydrogen-bond acceptors (Lipinski definition) is 2. The summed E-state index contributed by atoms with van der Waals surface area (Å²) in [7, 11) is 1.65. The van der Waals surface area contributed by atoms with Gasteiger partial charge in [0, 0.05) is 6.42 Å². The van der Waals surface area contributed by atoms with Crippen LogP contribution >= 0.6 is 0 Å². The van der Waals surface area contributed by atoms with Crippen LogP contribution in [0, 0.1) is 0 Å². The standard InChI is InChI=1S/C18H18O2/c1-20-16-9-7-14(8-10-16)13-17(19)18(11-12-18)15-5-3-2-4-6-15/h2-10H,11-13H2,1H3. The predicted molar refractivity (Wildman–Crippen MR) is 79.1 cm³/mol. The van der Waals surface area contributed by atoms with E-state index >= 15 is 0 Å². The molecule has 0 N–H and O–H groups in total. The molecule has 0 aromatic heterocycles. The van der Waals surface area contributed by atoms with Gasteiger partial charge in [-0.05, 0) is 36.1 Å². The number of benzene rings is 2. The number of Topliss-reactive ketones (excluding diaryl/α,β-unsaturated/α-hetero) is 1. The van der Waals surface area contributed by atoms with Crippen molar-refractivity contribution in [1.82, 2.24) is 0 Å². The summed E-state index contributed by atoms with van der Waals surface area (Å²) in [6.45, 7) is 0. The highest BCUT2D eigenvalue weighted by Crippen LogP contribution is 2.49. The Morgan fingerprint density at radius 1 is 1.05 bits per heavy atom. The van der Waals surface area contributed by atoms with Crippen LogP contribution in [-0.4, -0.2) is 12.9 Å². The fraction of sp³-hybridized carbons (Fsp3) is 0.278. The number of hydrogen-bond donors (Lipinski definition) is 0. The highest BCUT2D eigenvalue weighted by Gasteiger charge is 2.50. The lowest BCUT2D eigenvalue weighted by molar-refractivity contribution is -0.120. The summed E-state index contributed by atoms with van der Waals surface area (Å²) in [6.07, 6.45) is 2.46. The summed E-state index contributed by atoms with van der Waals surface area (Å²) in [6, 6.07) is 17.9. The van der Waals surface area contributed by atoms with Gasteiger partial charge < -0.3 is 4.74 Å². The first-order valence-electron chi connectivity index (χ1n) is 6.96.